The SMILES string of the molecule is CC(=O)NC1CCN(CC(N)C(N)=O)CC1. The van der Waals surface area contributed by atoms with E-state index in [0.29, 0.717) is 6.54 Å². The average molecular weight is 228 g/mol. The molecular formula is C10H20N4O2. The van der Waals surface area contributed by atoms with Crippen molar-refractivity contribution in [2.24, 2.45) is 11.5 Å². The predicted molar refractivity (Wildman–Crippen MR) is 60.4 cm³/mol. The van der Waals surface area contributed by atoms with Crippen LogP contribution in [0.5, 0.6) is 0 Å². The minimum absolute atomic E-state index is 0.00675. The molecule has 0 radical (unpaired) electrons. The summed E-state index contributed by atoms with van der Waals surface area (Å²) in [6.07, 6.45) is 1.79. The van der Waals surface area contributed by atoms with Crippen molar-refractivity contribution in [3.05, 3.63) is 0 Å². The fourth-order valence-electron chi connectivity index (χ4n) is 1.92. The largest absolute Gasteiger partial charge is 0.368 e. The Kier molecular flexibility index (Phi) is 4.70. The van der Waals surface area contributed by atoms with E-state index >= 15 is 0 Å². The molecular weight excluding hydrogens is 208 g/mol. The molecule has 1 aliphatic rings. The lowest BCUT2D eigenvalue weighted by molar-refractivity contribution is -0.120. The molecule has 1 unspecified atom stereocenters. The number of carbonyl (C=O) groups is 2. The van der Waals surface area contributed by atoms with Crippen LogP contribution in [0.1, 0.15) is 19.8 Å². The number of primary amides is 1. The Balaban J connectivity index is 2.26. The van der Waals surface area contributed by atoms with E-state index in [1.54, 1.807) is 0 Å². The maximum absolute atomic E-state index is 10.9. The Hall–Kier alpha value is -1.14. The summed E-state index contributed by atoms with van der Waals surface area (Å²) >= 11 is 0. The van der Waals surface area contributed by atoms with Crippen LogP contribution in [0.2, 0.25) is 0 Å². The van der Waals surface area contributed by atoms with Gasteiger partial charge in [0.1, 0.15) is 0 Å². The van der Waals surface area contributed by atoms with Crippen molar-refractivity contribution in [3.63, 3.8) is 0 Å². The summed E-state index contributed by atoms with van der Waals surface area (Å²) in [6.45, 7) is 3.70. The summed E-state index contributed by atoms with van der Waals surface area (Å²) in [5, 5.41) is 2.89. The van der Waals surface area contributed by atoms with Crippen molar-refractivity contribution in [2.45, 2.75) is 31.8 Å². The molecule has 0 bridgehead atoms. The average Bonchev–Trinajstić information content (AvgIpc) is 2.20. The molecule has 1 fully saturated rings. The standard InChI is InChI=1S/C10H20N4O2/c1-7(15)13-8-2-4-14(5-3-8)6-9(11)10(12)16/h8-9H,2-6,11H2,1H3,(H2,12,16)(H,13,15). The quantitative estimate of drug-likeness (QED) is 0.539. The minimum Gasteiger partial charge on any atom is -0.368 e. The number of amides is 2. The third-order valence-corrected chi connectivity index (χ3v) is 2.82. The number of rotatable bonds is 4. The second-order valence-electron chi connectivity index (χ2n) is 4.28. The van der Waals surface area contributed by atoms with Crippen LogP contribution in [-0.2, 0) is 9.59 Å². The van der Waals surface area contributed by atoms with Crippen molar-refractivity contribution >= 4 is 11.8 Å². The molecule has 0 saturated carbocycles. The Morgan fingerprint density at radius 2 is 2.00 bits per heavy atom. The molecule has 1 atom stereocenters. The van der Waals surface area contributed by atoms with E-state index in [1.807, 2.05) is 0 Å². The third kappa shape index (κ3) is 4.16. The maximum atomic E-state index is 10.9. The lowest BCUT2D eigenvalue weighted by atomic mass is 10.0. The summed E-state index contributed by atoms with van der Waals surface area (Å²) in [4.78, 5) is 23.8. The maximum Gasteiger partial charge on any atom is 0.235 e. The van der Waals surface area contributed by atoms with Crippen molar-refractivity contribution in [3.8, 4) is 0 Å². The molecule has 6 nitrogen and oxygen atoms in total. The molecule has 16 heavy (non-hydrogen) atoms. The minimum atomic E-state index is -0.600. The predicted octanol–water partition coefficient (Wildman–Crippen LogP) is -1.60. The highest BCUT2D eigenvalue weighted by molar-refractivity contribution is 5.79. The smallest absolute Gasteiger partial charge is 0.235 e. The van der Waals surface area contributed by atoms with Gasteiger partial charge in [-0.2, -0.15) is 0 Å². The van der Waals surface area contributed by atoms with Crippen LogP contribution in [0.4, 0.5) is 0 Å². The van der Waals surface area contributed by atoms with Gasteiger partial charge in [0.25, 0.3) is 0 Å². The number of hydrogen-bond acceptors (Lipinski definition) is 4. The van der Waals surface area contributed by atoms with Crippen LogP contribution >= 0.6 is 0 Å². The van der Waals surface area contributed by atoms with Crippen LogP contribution in [0.3, 0.4) is 0 Å². The second kappa shape index (κ2) is 5.81. The van der Waals surface area contributed by atoms with Gasteiger partial charge < -0.3 is 21.7 Å². The van der Waals surface area contributed by atoms with Crippen LogP contribution in [0, 0.1) is 0 Å². The molecule has 0 aliphatic carbocycles. The number of hydrogen-bond donors (Lipinski definition) is 3. The van der Waals surface area contributed by atoms with E-state index < -0.39 is 11.9 Å². The fraction of sp³-hybridized carbons (Fsp3) is 0.800. The Labute approximate surface area is 95.3 Å². The zero-order valence-electron chi connectivity index (χ0n) is 9.61. The molecule has 92 valence electrons. The molecule has 1 aliphatic heterocycles. The van der Waals surface area contributed by atoms with Gasteiger partial charge >= 0.3 is 0 Å². The number of nitrogens with zero attached hydrogens (tertiary/aromatic N) is 1. The van der Waals surface area contributed by atoms with Gasteiger partial charge in [0.2, 0.25) is 11.8 Å². The highest BCUT2D eigenvalue weighted by Gasteiger charge is 2.22. The van der Waals surface area contributed by atoms with Gasteiger partial charge in [-0.05, 0) is 12.8 Å². The Bertz CT molecular complexity index is 262. The van der Waals surface area contributed by atoms with Crippen LogP contribution in [0.25, 0.3) is 0 Å². The highest BCUT2D eigenvalue weighted by atomic mass is 16.2. The first-order valence-electron chi connectivity index (χ1n) is 5.53. The van der Waals surface area contributed by atoms with Crippen molar-refractivity contribution < 1.29 is 9.59 Å². The van der Waals surface area contributed by atoms with Crippen molar-refractivity contribution in [1.29, 1.82) is 0 Å². The molecule has 1 saturated heterocycles. The lowest BCUT2D eigenvalue weighted by Gasteiger charge is -2.33. The fourth-order valence-corrected chi connectivity index (χ4v) is 1.92. The summed E-state index contributed by atoms with van der Waals surface area (Å²) in [5.41, 5.74) is 10.7. The van der Waals surface area contributed by atoms with E-state index in [-0.39, 0.29) is 11.9 Å². The summed E-state index contributed by atoms with van der Waals surface area (Å²) in [5.74, 6) is -0.462. The zero-order valence-corrected chi connectivity index (χ0v) is 9.61. The third-order valence-electron chi connectivity index (χ3n) is 2.82. The molecule has 6 heteroatoms. The van der Waals surface area contributed by atoms with Gasteiger partial charge in [-0.25, -0.2) is 0 Å². The number of nitrogens with one attached hydrogen (secondary N) is 1. The zero-order chi connectivity index (χ0) is 12.1. The van der Waals surface area contributed by atoms with Crippen molar-refractivity contribution in [2.75, 3.05) is 19.6 Å². The molecule has 1 heterocycles. The van der Waals surface area contributed by atoms with E-state index in [2.05, 4.69) is 10.2 Å². The lowest BCUT2D eigenvalue weighted by Crippen LogP contribution is -2.50. The van der Waals surface area contributed by atoms with Gasteiger partial charge in [0.15, 0.2) is 0 Å². The van der Waals surface area contributed by atoms with Crippen molar-refractivity contribution in [1.82, 2.24) is 10.2 Å². The first-order valence-corrected chi connectivity index (χ1v) is 5.53. The molecule has 2 amide bonds. The van der Waals surface area contributed by atoms with E-state index in [9.17, 15) is 9.59 Å². The summed E-state index contributed by atoms with van der Waals surface area (Å²) in [7, 11) is 0. The Morgan fingerprint density at radius 1 is 1.44 bits per heavy atom. The van der Waals surface area contributed by atoms with Crippen LogP contribution in [0.15, 0.2) is 0 Å². The van der Waals surface area contributed by atoms with Crippen LogP contribution < -0.4 is 16.8 Å². The number of likely N-dealkylation sites (tertiary alicyclic amines) is 1. The first-order chi connectivity index (χ1) is 7.49. The van der Waals surface area contributed by atoms with Gasteiger partial charge in [0.05, 0.1) is 6.04 Å². The topological polar surface area (TPSA) is 101 Å². The van der Waals surface area contributed by atoms with E-state index in [1.165, 1.54) is 6.92 Å². The van der Waals surface area contributed by atoms with Crippen LogP contribution in [-0.4, -0.2) is 48.4 Å². The molecule has 5 N–H and O–H groups in total. The Morgan fingerprint density at radius 3 is 2.44 bits per heavy atom. The first kappa shape index (κ1) is 12.9. The van der Waals surface area contributed by atoms with Gasteiger partial charge in [-0.1, -0.05) is 0 Å². The molecule has 0 aromatic carbocycles. The van der Waals surface area contributed by atoms with E-state index in [4.69, 9.17) is 11.5 Å². The molecule has 0 aromatic rings. The summed E-state index contributed by atoms with van der Waals surface area (Å²) in [6, 6.07) is -0.351. The molecule has 0 spiro atoms. The number of carbonyl (C=O) groups excluding carboxylic acids is 2. The van der Waals surface area contributed by atoms with E-state index in [0.717, 1.165) is 25.9 Å². The van der Waals surface area contributed by atoms with Gasteiger partial charge in [0, 0.05) is 32.6 Å². The monoisotopic (exact) mass is 228 g/mol. The molecule has 1 rings (SSSR count). The van der Waals surface area contributed by atoms with Gasteiger partial charge in [-0.15, -0.1) is 0 Å². The molecule has 0 aromatic heterocycles. The number of nitrogens with two attached hydrogens (primary N) is 2. The van der Waals surface area contributed by atoms with Gasteiger partial charge in [-0.3, -0.25) is 9.59 Å². The normalized spacial score (nSPS) is 20.4. The number of piperidine rings is 1. The summed E-state index contributed by atoms with van der Waals surface area (Å²) < 4.78 is 0. The highest BCUT2D eigenvalue weighted by Crippen LogP contribution is 2.10. The second-order valence-corrected chi connectivity index (χ2v) is 4.28.